The van der Waals surface area contributed by atoms with Gasteiger partial charge in [0.05, 0.1) is 24.8 Å². The van der Waals surface area contributed by atoms with Crippen LogP contribution in [0.1, 0.15) is 53.5 Å². The van der Waals surface area contributed by atoms with Gasteiger partial charge in [0, 0.05) is 36.9 Å². The van der Waals surface area contributed by atoms with Crippen LogP contribution in [0.5, 0.6) is 5.75 Å². The number of aromatic nitrogens is 4. The van der Waals surface area contributed by atoms with Crippen molar-refractivity contribution in [3.63, 3.8) is 0 Å². The van der Waals surface area contributed by atoms with Crippen LogP contribution in [-0.2, 0) is 4.74 Å². The molecule has 1 amide bonds. The molecule has 0 radical (unpaired) electrons. The molecule has 0 atom stereocenters. The van der Waals surface area contributed by atoms with Gasteiger partial charge >= 0.3 is 6.09 Å². The summed E-state index contributed by atoms with van der Waals surface area (Å²) in [6.45, 7) is 11.7. The Bertz CT molecular complexity index is 1380. The van der Waals surface area contributed by atoms with E-state index in [1.165, 1.54) is 6.07 Å². The molecule has 4 heterocycles. The van der Waals surface area contributed by atoms with Gasteiger partial charge in [0.25, 0.3) is 0 Å². The number of piperidine rings is 1. The quantitative estimate of drug-likeness (QED) is 0.438. The number of carbonyl (C=O) groups excluding carboxylic acids is 1. The number of amides is 1. The smallest absolute Gasteiger partial charge is 0.410 e. The van der Waals surface area contributed by atoms with E-state index in [0.717, 1.165) is 19.0 Å². The van der Waals surface area contributed by atoms with Crippen LogP contribution in [0.25, 0.3) is 11.3 Å². The Morgan fingerprint density at radius 3 is 2.58 bits per heavy atom. The Kier molecular flexibility index (Phi) is 7.52. The van der Waals surface area contributed by atoms with Crippen LogP contribution in [0.2, 0.25) is 0 Å². The molecular formula is C28H35F2N7O3. The number of nitrogens with one attached hydrogen (secondary N) is 1. The summed E-state index contributed by atoms with van der Waals surface area (Å²) in [4.78, 5) is 28.9. The van der Waals surface area contributed by atoms with Crippen LogP contribution in [0.4, 0.5) is 31.0 Å². The second-order valence-electron chi connectivity index (χ2n) is 11.4. The van der Waals surface area contributed by atoms with Crippen molar-refractivity contribution < 1.29 is 23.0 Å². The van der Waals surface area contributed by atoms with E-state index in [1.807, 2.05) is 50.3 Å². The highest BCUT2D eigenvalue weighted by molar-refractivity contribution is 5.73. The van der Waals surface area contributed by atoms with E-state index in [9.17, 15) is 13.6 Å². The maximum atomic E-state index is 15.0. The first-order valence-corrected chi connectivity index (χ1v) is 13.5. The summed E-state index contributed by atoms with van der Waals surface area (Å²) < 4.78 is 42.9. The van der Waals surface area contributed by atoms with Crippen LogP contribution >= 0.6 is 0 Å². The molecule has 1 saturated heterocycles. The molecule has 0 saturated carbocycles. The second kappa shape index (κ2) is 10.9. The molecule has 2 aliphatic rings. The summed E-state index contributed by atoms with van der Waals surface area (Å²) >= 11 is 0. The average molecular weight is 556 g/mol. The van der Waals surface area contributed by atoms with Crippen molar-refractivity contribution in [2.45, 2.75) is 65.1 Å². The molecule has 5 rings (SSSR count). The number of imidazole rings is 1. The zero-order chi connectivity index (χ0) is 28.6. The largest absolute Gasteiger partial charge is 0.486 e. The van der Waals surface area contributed by atoms with Crippen molar-refractivity contribution >= 4 is 23.5 Å². The molecule has 1 fully saturated rings. The van der Waals surface area contributed by atoms with Crippen LogP contribution < -0.4 is 15.0 Å². The molecule has 10 nitrogen and oxygen atoms in total. The summed E-state index contributed by atoms with van der Waals surface area (Å²) in [6.07, 6.45) is 5.81. The molecule has 40 heavy (non-hydrogen) atoms. The van der Waals surface area contributed by atoms with Crippen molar-refractivity contribution in [1.29, 1.82) is 0 Å². The third-order valence-electron chi connectivity index (χ3n) is 6.93. The number of fused-ring (bicyclic) bond motifs is 1. The van der Waals surface area contributed by atoms with Gasteiger partial charge in [0.1, 0.15) is 17.9 Å². The number of halogens is 2. The number of likely N-dealkylation sites (tertiary alicyclic amines) is 1. The Labute approximate surface area is 232 Å². The molecule has 3 aromatic rings. The molecule has 12 heteroatoms. The first kappa shape index (κ1) is 27.6. The zero-order valence-electron chi connectivity index (χ0n) is 23.4. The second-order valence-corrected chi connectivity index (χ2v) is 11.4. The molecule has 1 N–H and O–H groups in total. The van der Waals surface area contributed by atoms with E-state index in [0.29, 0.717) is 37.7 Å². The summed E-state index contributed by atoms with van der Waals surface area (Å²) in [5.41, 5.74) is 0.304. The van der Waals surface area contributed by atoms with Crippen LogP contribution in [0.15, 0.2) is 30.9 Å². The predicted octanol–water partition coefficient (Wildman–Crippen LogP) is 5.54. The maximum absolute atomic E-state index is 15.0. The lowest BCUT2D eigenvalue weighted by Gasteiger charge is -2.34. The highest BCUT2D eigenvalue weighted by Crippen LogP contribution is 2.39. The normalized spacial score (nSPS) is 16.1. The Morgan fingerprint density at radius 1 is 1.12 bits per heavy atom. The highest BCUT2D eigenvalue weighted by Gasteiger charge is 2.28. The Balaban J connectivity index is 1.29. The monoisotopic (exact) mass is 555 g/mol. The maximum Gasteiger partial charge on any atom is 0.410 e. The van der Waals surface area contributed by atoms with E-state index in [1.54, 1.807) is 17.3 Å². The number of rotatable bonds is 5. The Hall–Kier alpha value is -3.96. The molecule has 1 aromatic carbocycles. The molecular weight excluding hydrogens is 520 g/mol. The number of hydrogen-bond donors (Lipinski definition) is 1. The van der Waals surface area contributed by atoms with Crippen molar-refractivity contribution in [2.24, 2.45) is 0 Å². The molecule has 0 aliphatic carbocycles. The minimum atomic E-state index is -0.667. The van der Waals surface area contributed by atoms with E-state index >= 15 is 0 Å². The van der Waals surface area contributed by atoms with E-state index < -0.39 is 17.2 Å². The lowest BCUT2D eigenvalue weighted by atomic mass is 10.1. The van der Waals surface area contributed by atoms with Crippen LogP contribution in [-0.4, -0.2) is 68.4 Å². The number of carbonyl (C=O) groups is 1. The van der Waals surface area contributed by atoms with Crippen LogP contribution in [0, 0.1) is 11.6 Å². The third kappa shape index (κ3) is 5.95. The lowest BCUT2D eigenvalue weighted by molar-refractivity contribution is 0.0188. The van der Waals surface area contributed by atoms with Crippen molar-refractivity contribution in [1.82, 2.24) is 24.4 Å². The first-order valence-electron chi connectivity index (χ1n) is 13.5. The van der Waals surface area contributed by atoms with Gasteiger partial charge in [-0.2, -0.15) is 0 Å². The van der Waals surface area contributed by atoms with E-state index in [-0.39, 0.29) is 41.1 Å². The molecule has 0 unspecified atom stereocenters. The fourth-order valence-electron chi connectivity index (χ4n) is 4.99. The fraction of sp³-hybridized carbons (Fsp3) is 0.500. The van der Waals surface area contributed by atoms with Crippen LogP contribution in [0.3, 0.4) is 0 Å². The summed E-state index contributed by atoms with van der Waals surface area (Å²) in [5, 5.41) is 3.02. The highest BCUT2D eigenvalue weighted by atomic mass is 19.1. The molecule has 214 valence electrons. The Morgan fingerprint density at radius 2 is 1.88 bits per heavy atom. The summed E-state index contributed by atoms with van der Waals surface area (Å²) in [6, 6.07) is 3.21. The fourth-order valence-corrected chi connectivity index (χ4v) is 4.99. The van der Waals surface area contributed by atoms with E-state index in [4.69, 9.17) is 9.47 Å². The van der Waals surface area contributed by atoms with Gasteiger partial charge in [-0.1, -0.05) is 0 Å². The summed E-state index contributed by atoms with van der Waals surface area (Å²) in [7, 11) is 0. The zero-order valence-corrected chi connectivity index (χ0v) is 23.4. The number of anilines is 3. The number of hydrogen-bond acceptors (Lipinski definition) is 8. The average Bonchev–Trinajstić information content (AvgIpc) is 3.37. The lowest BCUT2D eigenvalue weighted by Crippen LogP contribution is -2.42. The number of nitrogens with zero attached hydrogens (tertiary/aromatic N) is 6. The van der Waals surface area contributed by atoms with Gasteiger partial charge in [0.15, 0.2) is 23.2 Å². The first-order chi connectivity index (χ1) is 19.0. The number of ether oxygens (including phenoxy) is 2. The standard InChI is InChI=1S/C28H35F2N7O3/c1-17(2)37-10-11-39-25-20(29)12-18(13-22(25)37)24-21(30)14-31-26(34-24)33-23-15-36(16-32-23)19-6-8-35(9-7-19)27(38)40-28(3,4)5/h12-17,19H,6-11H2,1-5H3,(H,31,33,34). The van der Waals surface area contributed by atoms with Crippen molar-refractivity contribution in [2.75, 3.05) is 36.5 Å². The van der Waals surface area contributed by atoms with Gasteiger partial charge in [-0.15, -0.1) is 0 Å². The van der Waals surface area contributed by atoms with Gasteiger partial charge < -0.3 is 29.2 Å². The molecule has 2 aromatic heterocycles. The molecule has 0 bridgehead atoms. The molecule has 2 aliphatic heterocycles. The topological polar surface area (TPSA) is 97.6 Å². The minimum absolute atomic E-state index is 0.0255. The van der Waals surface area contributed by atoms with Gasteiger partial charge in [0.2, 0.25) is 5.95 Å². The number of benzene rings is 1. The van der Waals surface area contributed by atoms with Crippen molar-refractivity contribution in [3.05, 3.63) is 42.5 Å². The minimum Gasteiger partial charge on any atom is -0.486 e. The van der Waals surface area contributed by atoms with Gasteiger partial charge in [-0.25, -0.2) is 28.5 Å². The SMILES string of the molecule is CC(C)N1CCOc2c(F)cc(-c3nc(Nc4cn(C5CCN(C(=O)OC(C)(C)C)CC5)cn4)ncc3F)cc21. The van der Waals surface area contributed by atoms with Gasteiger partial charge in [-0.3, -0.25) is 0 Å². The van der Waals surface area contributed by atoms with E-state index in [2.05, 4.69) is 20.3 Å². The predicted molar refractivity (Wildman–Crippen MR) is 147 cm³/mol. The summed E-state index contributed by atoms with van der Waals surface area (Å²) in [5.74, 6) is -0.444. The molecule has 0 spiro atoms. The van der Waals surface area contributed by atoms with Crippen molar-refractivity contribution in [3.8, 4) is 17.0 Å². The van der Waals surface area contributed by atoms with Gasteiger partial charge in [-0.05, 0) is 59.6 Å². The third-order valence-corrected chi connectivity index (χ3v) is 6.93.